The third-order valence-electron chi connectivity index (χ3n) is 5.35. The fraction of sp³-hybridized carbons (Fsp3) is 0.714. The fourth-order valence-electron chi connectivity index (χ4n) is 3.80. The van der Waals surface area contributed by atoms with Gasteiger partial charge >= 0.3 is 0 Å². The third-order valence-corrected chi connectivity index (χ3v) is 5.35. The Morgan fingerprint density at radius 1 is 0.875 bits per heavy atom. The van der Waals surface area contributed by atoms with Gasteiger partial charge in [-0.15, -0.1) is 0 Å². The topological polar surface area (TPSA) is 9.23 Å². The lowest BCUT2D eigenvalue weighted by Gasteiger charge is -2.28. The molecule has 0 radical (unpaired) electrons. The molecule has 2 rings (SSSR count). The zero-order valence-electron chi connectivity index (χ0n) is 15.0. The van der Waals surface area contributed by atoms with Crippen LogP contribution in [0, 0.1) is 23.5 Å². The van der Waals surface area contributed by atoms with Crippen molar-refractivity contribution in [2.24, 2.45) is 11.8 Å². The smallest absolute Gasteiger partial charge is 0.162 e. The molecule has 1 aliphatic carbocycles. The second-order valence-corrected chi connectivity index (χ2v) is 7.30. The van der Waals surface area contributed by atoms with E-state index in [1.165, 1.54) is 70.3 Å². The van der Waals surface area contributed by atoms with E-state index in [0.717, 1.165) is 30.4 Å². The van der Waals surface area contributed by atoms with Crippen LogP contribution in [0.15, 0.2) is 18.2 Å². The van der Waals surface area contributed by atoms with Gasteiger partial charge in [0.25, 0.3) is 0 Å². The van der Waals surface area contributed by atoms with Crippen LogP contribution in [-0.4, -0.2) is 6.61 Å². The summed E-state index contributed by atoms with van der Waals surface area (Å²) in [4.78, 5) is 0. The highest BCUT2D eigenvalue weighted by Crippen LogP contribution is 2.34. The summed E-state index contributed by atoms with van der Waals surface area (Å²) in [6.07, 6.45) is 14.6. The van der Waals surface area contributed by atoms with Gasteiger partial charge in [0.15, 0.2) is 11.6 Å². The van der Waals surface area contributed by atoms with Gasteiger partial charge in [0.1, 0.15) is 5.75 Å². The van der Waals surface area contributed by atoms with E-state index in [-0.39, 0.29) is 0 Å². The standard InChI is InChI=1S/C21H32F2O/c1-2-3-4-5-7-17-9-11-18(12-10-17)8-6-15-24-19-13-14-20(22)21(23)16-19/h13-14,16-18H,2-12,15H2,1H3. The van der Waals surface area contributed by atoms with Gasteiger partial charge in [0.05, 0.1) is 6.61 Å². The summed E-state index contributed by atoms with van der Waals surface area (Å²) < 4.78 is 31.5. The molecule has 24 heavy (non-hydrogen) atoms. The van der Waals surface area contributed by atoms with Gasteiger partial charge < -0.3 is 4.74 Å². The third kappa shape index (κ3) is 6.78. The van der Waals surface area contributed by atoms with Crippen LogP contribution < -0.4 is 4.74 Å². The Balaban J connectivity index is 1.53. The molecule has 0 aromatic heterocycles. The minimum atomic E-state index is -0.843. The molecule has 0 N–H and O–H groups in total. The predicted molar refractivity (Wildman–Crippen MR) is 95.3 cm³/mol. The molecule has 0 aliphatic heterocycles. The van der Waals surface area contributed by atoms with Crippen LogP contribution >= 0.6 is 0 Å². The lowest BCUT2D eigenvalue weighted by Crippen LogP contribution is -2.15. The van der Waals surface area contributed by atoms with E-state index in [9.17, 15) is 8.78 Å². The summed E-state index contributed by atoms with van der Waals surface area (Å²) in [5.41, 5.74) is 0. The van der Waals surface area contributed by atoms with E-state index in [1.54, 1.807) is 0 Å². The molecule has 1 nitrogen and oxygen atoms in total. The Hall–Kier alpha value is -1.12. The number of hydrogen-bond donors (Lipinski definition) is 0. The Morgan fingerprint density at radius 3 is 2.17 bits per heavy atom. The molecular weight excluding hydrogens is 306 g/mol. The Labute approximate surface area is 145 Å². The van der Waals surface area contributed by atoms with Crippen LogP contribution in [-0.2, 0) is 0 Å². The summed E-state index contributed by atoms with van der Waals surface area (Å²) in [5.74, 6) is 0.533. The fourth-order valence-corrected chi connectivity index (χ4v) is 3.80. The predicted octanol–water partition coefficient (Wildman–Crippen LogP) is 6.90. The van der Waals surface area contributed by atoms with Gasteiger partial charge in [0.2, 0.25) is 0 Å². The normalized spacial score (nSPS) is 21.0. The SMILES string of the molecule is CCCCCCC1CCC(CCCOc2ccc(F)c(F)c2)CC1. The molecule has 0 bridgehead atoms. The molecule has 1 saturated carbocycles. The largest absolute Gasteiger partial charge is 0.493 e. The molecule has 3 heteroatoms. The molecule has 0 amide bonds. The summed E-state index contributed by atoms with van der Waals surface area (Å²) in [7, 11) is 0. The van der Waals surface area contributed by atoms with Crippen LogP contribution in [0.2, 0.25) is 0 Å². The minimum absolute atomic E-state index is 0.421. The van der Waals surface area contributed by atoms with Crippen molar-refractivity contribution in [3.05, 3.63) is 29.8 Å². The first-order valence-electron chi connectivity index (χ1n) is 9.77. The molecule has 0 saturated heterocycles. The second-order valence-electron chi connectivity index (χ2n) is 7.30. The number of hydrogen-bond acceptors (Lipinski definition) is 1. The highest BCUT2D eigenvalue weighted by atomic mass is 19.2. The molecular formula is C21H32F2O. The zero-order valence-corrected chi connectivity index (χ0v) is 15.0. The summed E-state index contributed by atoms with van der Waals surface area (Å²) in [6, 6.07) is 3.73. The zero-order chi connectivity index (χ0) is 17.2. The van der Waals surface area contributed by atoms with Crippen LogP contribution in [0.5, 0.6) is 5.75 Å². The first-order valence-corrected chi connectivity index (χ1v) is 9.77. The minimum Gasteiger partial charge on any atom is -0.493 e. The Morgan fingerprint density at radius 2 is 1.54 bits per heavy atom. The van der Waals surface area contributed by atoms with Crippen LogP contribution in [0.1, 0.15) is 77.6 Å². The van der Waals surface area contributed by atoms with Crippen molar-refractivity contribution in [1.82, 2.24) is 0 Å². The van der Waals surface area contributed by atoms with Crippen molar-refractivity contribution in [2.75, 3.05) is 6.61 Å². The number of halogens is 2. The molecule has 1 aromatic carbocycles. The van der Waals surface area contributed by atoms with E-state index < -0.39 is 11.6 Å². The van der Waals surface area contributed by atoms with E-state index in [1.807, 2.05) is 0 Å². The van der Waals surface area contributed by atoms with Crippen molar-refractivity contribution >= 4 is 0 Å². The van der Waals surface area contributed by atoms with Gasteiger partial charge in [-0.05, 0) is 36.8 Å². The first kappa shape index (κ1) is 19.2. The molecule has 1 aromatic rings. The molecule has 0 spiro atoms. The van der Waals surface area contributed by atoms with Crippen molar-refractivity contribution in [1.29, 1.82) is 0 Å². The van der Waals surface area contributed by atoms with E-state index >= 15 is 0 Å². The second kappa shape index (κ2) is 10.7. The maximum atomic E-state index is 13.1. The first-order chi connectivity index (χ1) is 11.7. The number of rotatable bonds is 10. The summed E-state index contributed by atoms with van der Waals surface area (Å²) in [5, 5.41) is 0. The number of ether oxygens (including phenoxy) is 1. The average molecular weight is 338 g/mol. The molecule has 136 valence electrons. The van der Waals surface area contributed by atoms with Gasteiger partial charge in [-0.1, -0.05) is 64.7 Å². The maximum absolute atomic E-state index is 13.1. The van der Waals surface area contributed by atoms with Crippen molar-refractivity contribution in [2.45, 2.75) is 77.6 Å². The Bertz CT molecular complexity index is 467. The van der Waals surface area contributed by atoms with Gasteiger partial charge in [-0.3, -0.25) is 0 Å². The van der Waals surface area contributed by atoms with Crippen LogP contribution in [0.4, 0.5) is 8.78 Å². The molecule has 0 unspecified atom stereocenters. The van der Waals surface area contributed by atoms with E-state index in [2.05, 4.69) is 6.92 Å². The van der Waals surface area contributed by atoms with Crippen molar-refractivity contribution in [3.8, 4) is 5.75 Å². The van der Waals surface area contributed by atoms with Gasteiger partial charge in [0, 0.05) is 6.07 Å². The lowest BCUT2D eigenvalue weighted by molar-refractivity contribution is 0.227. The summed E-state index contributed by atoms with van der Waals surface area (Å²) in [6.45, 7) is 2.85. The monoisotopic (exact) mass is 338 g/mol. The lowest BCUT2D eigenvalue weighted by atomic mass is 9.78. The molecule has 0 heterocycles. The molecule has 1 aliphatic rings. The van der Waals surface area contributed by atoms with E-state index in [0.29, 0.717) is 12.4 Å². The number of unbranched alkanes of at least 4 members (excludes halogenated alkanes) is 3. The van der Waals surface area contributed by atoms with Gasteiger partial charge in [-0.25, -0.2) is 8.78 Å². The van der Waals surface area contributed by atoms with E-state index in [4.69, 9.17) is 4.74 Å². The molecule has 0 atom stereocenters. The van der Waals surface area contributed by atoms with Crippen molar-refractivity contribution < 1.29 is 13.5 Å². The summed E-state index contributed by atoms with van der Waals surface area (Å²) >= 11 is 0. The molecule has 1 fully saturated rings. The maximum Gasteiger partial charge on any atom is 0.162 e. The highest BCUT2D eigenvalue weighted by Gasteiger charge is 2.20. The number of benzene rings is 1. The average Bonchev–Trinajstić information content (AvgIpc) is 2.60. The highest BCUT2D eigenvalue weighted by molar-refractivity contribution is 5.23. The van der Waals surface area contributed by atoms with Crippen molar-refractivity contribution in [3.63, 3.8) is 0 Å². The Kier molecular flexibility index (Phi) is 8.55. The van der Waals surface area contributed by atoms with Gasteiger partial charge in [-0.2, -0.15) is 0 Å². The van der Waals surface area contributed by atoms with Crippen LogP contribution in [0.25, 0.3) is 0 Å². The quantitative estimate of drug-likeness (QED) is 0.422. The van der Waals surface area contributed by atoms with Crippen LogP contribution in [0.3, 0.4) is 0 Å².